The first-order chi connectivity index (χ1) is 13.3. The first-order valence-corrected chi connectivity index (χ1v) is 11.7. The predicted molar refractivity (Wildman–Crippen MR) is 127 cm³/mol. The Bertz CT molecular complexity index is 1070. The Labute approximate surface area is 169 Å². The summed E-state index contributed by atoms with van der Waals surface area (Å²) in [7, 11) is 0. The number of fused-ring (bicyclic) bond motifs is 5. The number of thiophene rings is 2. The van der Waals surface area contributed by atoms with E-state index in [0.717, 1.165) is 6.54 Å². The normalized spacial score (nSPS) is 11.6. The van der Waals surface area contributed by atoms with E-state index >= 15 is 0 Å². The van der Waals surface area contributed by atoms with Crippen LogP contribution >= 0.6 is 22.7 Å². The van der Waals surface area contributed by atoms with Crippen molar-refractivity contribution in [2.24, 2.45) is 0 Å². The SMILES string of the molecule is C=Cc1ccc2c(c1)sc1c3ccc(NCCCCCCCC)cc3sc21. The van der Waals surface area contributed by atoms with Crippen LogP contribution in [0.25, 0.3) is 35.6 Å². The fourth-order valence-electron chi connectivity index (χ4n) is 3.65. The van der Waals surface area contributed by atoms with E-state index < -0.39 is 0 Å². The van der Waals surface area contributed by atoms with E-state index in [9.17, 15) is 0 Å². The van der Waals surface area contributed by atoms with Crippen molar-refractivity contribution < 1.29 is 0 Å². The van der Waals surface area contributed by atoms with Crippen LogP contribution in [-0.2, 0) is 0 Å². The number of rotatable bonds is 9. The summed E-state index contributed by atoms with van der Waals surface area (Å²) in [6.07, 6.45) is 9.98. The Balaban J connectivity index is 1.49. The molecule has 3 heteroatoms. The average molecular weight is 394 g/mol. The zero-order valence-corrected chi connectivity index (χ0v) is 17.6. The molecule has 0 unspecified atom stereocenters. The number of benzene rings is 2. The van der Waals surface area contributed by atoms with Gasteiger partial charge in [0.2, 0.25) is 0 Å². The largest absolute Gasteiger partial charge is 0.385 e. The highest BCUT2D eigenvalue weighted by atomic mass is 32.1. The molecule has 4 aromatic rings. The first kappa shape index (κ1) is 18.5. The van der Waals surface area contributed by atoms with Crippen molar-refractivity contribution in [2.75, 3.05) is 11.9 Å². The van der Waals surface area contributed by atoms with Gasteiger partial charge in [-0.2, -0.15) is 0 Å². The van der Waals surface area contributed by atoms with Gasteiger partial charge in [-0.25, -0.2) is 0 Å². The summed E-state index contributed by atoms with van der Waals surface area (Å²) in [5, 5.41) is 6.38. The molecule has 0 bridgehead atoms. The van der Waals surface area contributed by atoms with Crippen LogP contribution in [0.5, 0.6) is 0 Å². The maximum Gasteiger partial charge on any atom is 0.0542 e. The van der Waals surface area contributed by atoms with E-state index in [1.807, 2.05) is 28.7 Å². The molecule has 2 heterocycles. The van der Waals surface area contributed by atoms with Gasteiger partial charge in [-0.05, 0) is 30.2 Å². The molecule has 0 saturated heterocycles. The number of hydrogen-bond acceptors (Lipinski definition) is 3. The van der Waals surface area contributed by atoms with Crippen LogP contribution in [0.4, 0.5) is 5.69 Å². The third-order valence-electron chi connectivity index (χ3n) is 5.20. The highest BCUT2D eigenvalue weighted by molar-refractivity contribution is 7.36. The molecule has 0 atom stereocenters. The summed E-state index contributed by atoms with van der Waals surface area (Å²) in [6, 6.07) is 13.5. The molecule has 4 rings (SSSR count). The van der Waals surface area contributed by atoms with Crippen molar-refractivity contribution in [1.82, 2.24) is 0 Å². The molecule has 0 amide bonds. The van der Waals surface area contributed by atoms with Crippen LogP contribution in [0.3, 0.4) is 0 Å². The Morgan fingerprint density at radius 2 is 1.52 bits per heavy atom. The number of nitrogens with one attached hydrogen (secondary N) is 1. The fourth-order valence-corrected chi connectivity index (χ4v) is 6.39. The van der Waals surface area contributed by atoms with E-state index in [1.54, 1.807) is 0 Å². The second kappa shape index (κ2) is 8.45. The first-order valence-electron chi connectivity index (χ1n) is 10.1. The zero-order chi connectivity index (χ0) is 18.6. The summed E-state index contributed by atoms with van der Waals surface area (Å²) in [6.45, 7) is 7.23. The van der Waals surface area contributed by atoms with E-state index in [-0.39, 0.29) is 0 Å². The lowest BCUT2D eigenvalue weighted by Gasteiger charge is -2.06. The molecular weight excluding hydrogens is 366 g/mol. The summed E-state index contributed by atoms with van der Waals surface area (Å²) in [4.78, 5) is 0. The maximum atomic E-state index is 3.89. The van der Waals surface area contributed by atoms with Crippen LogP contribution in [0.1, 0.15) is 51.0 Å². The highest BCUT2D eigenvalue weighted by Crippen LogP contribution is 2.44. The van der Waals surface area contributed by atoms with Crippen molar-refractivity contribution in [3.63, 3.8) is 0 Å². The number of hydrogen-bond donors (Lipinski definition) is 1. The van der Waals surface area contributed by atoms with E-state index in [4.69, 9.17) is 0 Å². The lowest BCUT2D eigenvalue weighted by Crippen LogP contribution is -2.00. The molecule has 2 aromatic carbocycles. The lowest BCUT2D eigenvalue weighted by atomic mass is 10.1. The van der Waals surface area contributed by atoms with Crippen molar-refractivity contribution in [3.8, 4) is 0 Å². The van der Waals surface area contributed by atoms with Gasteiger partial charge in [-0.1, -0.05) is 69.9 Å². The van der Waals surface area contributed by atoms with Gasteiger partial charge in [0.15, 0.2) is 0 Å². The molecule has 0 aliphatic rings. The molecule has 0 spiro atoms. The quantitative estimate of drug-likeness (QED) is 0.280. The molecule has 1 N–H and O–H groups in total. The van der Waals surface area contributed by atoms with Gasteiger partial charge in [0.1, 0.15) is 0 Å². The summed E-state index contributed by atoms with van der Waals surface area (Å²) >= 11 is 3.83. The minimum absolute atomic E-state index is 1.07. The second-order valence-corrected chi connectivity index (χ2v) is 9.33. The molecule has 1 nitrogen and oxygen atoms in total. The molecular formula is C24H27NS2. The van der Waals surface area contributed by atoms with Gasteiger partial charge in [0.05, 0.1) is 9.40 Å². The topological polar surface area (TPSA) is 12.0 Å². The molecule has 0 fully saturated rings. The third-order valence-corrected chi connectivity index (χ3v) is 7.70. The van der Waals surface area contributed by atoms with Crippen molar-refractivity contribution in [2.45, 2.75) is 45.4 Å². The Hall–Kier alpha value is -1.84. The van der Waals surface area contributed by atoms with Gasteiger partial charge in [0, 0.05) is 32.4 Å². The van der Waals surface area contributed by atoms with Crippen LogP contribution in [-0.4, -0.2) is 6.54 Å². The summed E-state index contributed by atoms with van der Waals surface area (Å²) in [5.41, 5.74) is 2.45. The van der Waals surface area contributed by atoms with Crippen LogP contribution in [0, 0.1) is 0 Å². The van der Waals surface area contributed by atoms with Gasteiger partial charge in [-0.15, -0.1) is 22.7 Å². The van der Waals surface area contributed by atoms with Gasteiger partial charge in [-0.3, -0.25) is 0 Å². The van der Waals surface area contributed by atoms with Crippen molar-refractivity contribution in [3.05, 3.63) is 48.5 Å². The summed E-state index contributed by atoms with van der Waals surface area (Å²) < 4.78 is 5.60. The third kappa shape index (κ3) is 3.90. The Morgan fingerprint density at radius 3 is 2.26 bits per heavy atom. The summed E-state index contributed by atoms with van der Waals surface area (Å²) in [5.74, 6) is 0. The Morgan fingerprint density at radius 1 is 0.852 bits per heavy atom. The second-order valence-electron chi connectivity index (χ2n) is 7.23. The molecule has 27 heavy (non-hydrogen) atoms. The molecule has 0 aliphatic carbocycles. The van der Waals surface area contributed by atoms with E-state index in [0.29, 0.717) is 0 Å². The molecule has 0 aliphatic heterocycles. The smallest absolute Gasteiger partial charge is 0.0542 e. The minimum atomic E-state index is 1.07. The minimum Gasteiger partial charge on any atom is -0.385 e. The van der Waals surface area contributed by atoms with Crippen LogP contribution < -0.4 is 5.32 Å². The molecule has 2 aromatic heterocycles. The average Bonchev–Trinajstić information content (AvgIpc) is 3.22. The number of anilines is 1. The van der Waals surface area contributed by atoms with E-state index in [2.05, 4.69) is 55.2 Å². The highest BCUT2D eigenvalue weighted by Gasteiger charge is 2.12. The maximum absolute atomic E-state index is 3.89. The lowest BCUT2D eigenvalue weighted by molar-refractivity contribution is 0.617. The predicted octanol–water partition coefficient (Wildman–Crippen LogP) is 8.68. The van der Waals surface area contributed by atoms with E-state index in [1.165, 1.54) is 79.3 Å². The van der Waals surface area contributed by atoms with Gasteiger partial charge < -0.3 is 5.32 Å². The zero-order valence-electron chi connectivity index (χ0n) is 16.0. The Kier molecular flexibility index (Phi) is 5.80. The fraction of sp³-hybridized carbons (Fsp3) is 0.333. The number of unbranched alkanes of at least 4 members (excludes halogenated alkanes) is 5. The van der Waals surface area contributed by atoms with Gasteiger partial charge >= 0.3 is 0 Å². The van der Waals surface area contributed by atoms with Crippen molar-refractivity contribution in [1.29, 1.82) is 0 Å². The molecule has 0 saturated carbocycles. The monoisotopic (exact) mass is 393 g/mol. The molecule has 140 valence electrons. The van der Waals surface area contributed by atoms with Crippen molar-refractivity contribution >= 4 is 64.0 Å². The standard InChI is InChI=1S/C24H27NS2/c1-3-5-6-7-8-9-14-25-18-11-13-20-22(16-18)27-23-19-12-10-17(4-2)15-21(19)26-24(20)23/h4,10-13,15-16,25H,2-3,5-9,14H2,1H3. The van der Waals surface area contributed by atoms with Crippen LogP contribution in [0.15, 0.2) is 43.0 Å². The van der Waals surface area contributed by atoms with Gasteiger partial charge in [0.25, 0.3) is 0 Å². The molecule has 0 radical (unpaired) electrons. The van der Waals surface area contributed by atoms with Crippen LogP contribution in [0.2, 0.25) is 0 Å².